The van der Waals surface area contributed by atoms with Crippen molar-refractivity contribution in [1.82, 2.24) is 20.1 Å². The smallest absolute Gasteiger partial charge is 0.407 e. The number of nitrogens with zero attached hydrogens (tertiary/aromatic N) is 4. The Morgan fingerprint density at radius 3 is 2.34 bits per heavy atom. The summed E-state index contributed by atoms with van der Waals surface area (Å²) in [6, 6.07) is 11.0. The van der Waals surface area contributed by atoms with Crippen LogP contribution in [-0.4, -0.2) is 63.8 Å². The summed E-state index contributed by atoms with van der Waals surface area (Å²) in [5, 5.41) is 17.1. The molecule has 3 aromatic rings. The first-order chi connectivity index (χ1) is 23.8. The van der Waals surface area contributed by atoms with Gasteiger partial charge in [0.15, 0.2) is 0 Å². The zero-order valence-electron chi connectivity index (χ0n) is 30.7. The van der Waals surface area contributed by atoms with E-state index in [0.29, 0.717) is 38.0 Å². The van der Waals surface area contributed by atoms with Gasteiger partial charge in [-0.25, -0.2) is 9.78 Å². The maximum absolute atomic E-state index is 14.6. The summed E-state index contributed by atoms with van der Waals surface area (Å²) in [6.45, 7) is 10.4. The van der Waals surface area contributed by atoms with Gasteiger partial charge in [0.2, 0.25) is 5.91 Å². The van der Waals surface area contributed by atoms with E-state index in [4.69, 9.17) is 14.5 Å². The molecule has 0 aliphatic heterocycles. The number of fused-ring (bicyclic) bond motifs is 3. The van der Waals surface area contributed by atoms with Crippen molar-refractivity contribution in [3.05, 3.63) is 60.0 Å². The summed E-state index contributed by atoms with van der Waals surface area (Å²) in [7, 11) is 1.73. The Hall–Kier alpha value is -3.92. The molecule has 1 aromatic carbocycles. The minimum Gasteiger partial charge on any atom is -0.496 e. The number of aliphatic hydroxyl groups is 1. The number of ether oxygens (including phenoxy) is 2. The first-order valence-electron chi connectivity index (χ1n) is 18.4. The number of amides is 2. The van der Waals surface area contributed by atoms with Crippen LogP contribution >= 0.6 is 0 Å². The molecule has 10 nitrogen and oxygen atoms in total. The average molecular weight is 686 g/mol. The van der Waals surface area contributed by atoms with E-state index in [2.05, 4.69) is 55.6 Å². The molecular formula is C40H55N5O5. The fourth-order valence-corrected chi connectivity index (χ4v) is 8.39. The number of aromatic nitrogens is 3. The number of pyridine rings is 1. The van der Waals surface area contributed by atoms with Gasteiger partial charge in [-0.2, -0.15) is 5.10 Å². The van der Waals surface area contributed by atoms with Crippen molar-refractivity contribution in [2.45, 2.75) is 122 Å². The second-order valence-corrected chi connectivity index (χ2v) is 16.1. The molecular weight excluding hydrogens is 630 g/mol. The maximum atomic E-state index is 14.6. The zero-order chi connectivity index (χ0) is 35.7. The van der Waals surface area contributed by atoms with Crippen molar-refractivity contribution in [2.24, 2.45) is 11.3 Å². The van der Waals surface area contributed by atoms with Gasteiger partial charge in [-0.05, 0) is 145 Å². The SMILES string of the molecule is COc1ccc(C23CCC(CN(C(=O)C4CCC(OC(=O)NCC(C)(C)O)CC4)c4cc(-c5cnn(C(C)C)c5)ccn4)(CC2)CC3)cc1C. The monoisotopic (exact) mass is 685 g/mol. The number of rotatable bonds is 11. The van der Waals surface area contributed by atoms with Crippen LogP contribution in [0.3, 0.4) is 0 Å². The minimum absolute atomic E-state index is 0.0397. The van der Waals surface area contributed by atoms with E-state index in [1.54, 1.807) is 21.0 Å². The molecule has 2 amide bonds. The lowest BCUT2D eigenvalue weighted by Gasteiger charge is -2.55. The van der Waals surface area contributed by atoms with Crippen molar-refractivity contribution in [3.8, 4) is 16.9 Å². The Morgan fingerprint density at radius 1 is 1.04 bits per heavy atom. The Balaban J connectivity index is 1.20. The molecule has 0 atom stereocenters. The highest BCUT2D eigenvalue weighted by Crippen LogP contribution is 2.58. The summed E-state index contributed by atoms with van der Waals surface area (Å²) >= 11 is 0. The van der Waals surface area contributed by atoms with Gasteiger partial charge in [0, 0.05) is 43.0 Å². The molecule has 0 unspecified atom stereocenters. The van der Waals surface area contributed by atoms with E-state index in [9.17, 15) is 14.7 Å². The molecule has 2 aromatic heterocycles. The fourth-order valence-electron chi connectivity index (χ4n) is 8.39. The summed E-state index contributed by atoms with van der Waals surface area (Å²) < 4.78 is 13.2. The van der Waals surface area contributed by atoms with Crippen LogP contribution in [-0.2, 0) is 14.9 Å². The van der Waals surface area contributed by atoms with Crippen molar-refractivity contribution in [2.75, 3.05) is 25.1 Å². The lowest BCUT2D eigenvalue weighted by molar-refractivity contribution is -0.124. The highest BCUT2D eigenvalue weighted by Gasteiger charge is 2.51. The molecule has 7 rings (SSSR count). The summed E-state index contributed by atoms with van der Waals surface area (Å²) in [5.74, 6) is 1.56. The Bertz CT molecular complexity index is 1640. The van der Waals surface area contributed by atoms with E-state index in [1.807, 2.05) is 34.1 Å². The number of hydrogen-bond acceptors (Lipinski definition) is 7. The van der Waals surface area contributed by atoms with E-state index in [-0.39, 0.29) is 41.3 Å². The quantitative estimate of drug-likeness (QED) is 0.214. The maximum Gasteiger partial charge on any atom is 0.407 e. The predicted molar refractivity (Wildman–Crippen MR) is 194 cm³/mol. The van der Waals surface area contributed by atoms with Crippen LogP contribution in [0.2, 0.25) is 0 Å². The number of anilines is 1. The summed E-state index contributed by atoms with van der Waals surface area (Å²) in [5.41, 5.74) is 3.80. The number of carbonyl (C=O) groups is 2. The molecule has 2 heterocycles. The van der Waals surface area contributed by atoms with Crippen LogP contribution in [0, 0.1) is 18.3 Å². The van der Waals surface area contributed by atoms with Gasteiger partial charge < -0.3 is 19.9 Å². The molecule has 0 spiro atoms. The Morgan fingerprint density at radius 2 is 1.74 bits per heavy atom. The number of aryl methyl sites for hydroxylation is 1. The van der Waals surface area contributed by atoms with Gasteiger partial charge in [-0.1, -0.05) is 12.1 Å². The molecule has 4 aliphatic rings. The summed E-state index contributed by atoms with van der Waals surface area (Å²) in [4.78, 5) is 33.8. The van der Waals surface area contributed by atoms with Crippen LogP contribution < -0.4 is 15.0 Å². The van der Waals surface area contributed by atoms with Crippen LogP contribution in [0.4, 0.5) is 10.6 Å². The first-order valence-corrected chi connectivity index (χ1v) is 18.4. The van der Waals surface area contributed by atoms with E-state index in [1.165, 1.54) is 11.1 Å². The zero-order valence-corrected chi connectivity index (χ0v) is 30.7. The highest BCUT2D eigenvalue weighted by atomic mass is 16.6. The third kappa shape index (κ3) is 7.85. The molecule has 2 N–H and O–H groups in total. The largest absolute Gasteiger partial charge is 0.496 e. The fraction of sp³-hybridized carbons (Fsp3) is 0.600. The molecule has 270 valence electrons. The Labute approximate surface area is 296 Å². The highest BCUT2D eigenvalue weighted by molar-refractivity contribution is 5.95. The van der Waals surface area contributed by atoms with E-state index in [0.717, 1.165) is 55.4 Å². The standard InChI is InChI=1S/C40H55N5O5/c1-27(2)45-24-31(23-43-45)30-13-20-41-35(22-30)44(36(46)29-7-10-33(11-8-29)50-37(47)42-25-38(4,5)48)26-39-14-17-40(18-15-39,19-16-39)32-9-12-34(49-6)28(3)21-32/h9,12-13,20-24,27,29,33,48H,7-8,10-11,14-19,25-26H2,1-6H3,(H,42,47). The van der Waals surface area contributed by atoms with Crippen LogP contribution in [0.1, 0.15) is 109 Å². The van der Waals surface area contributed by atoms with Gasteiger partial charge in [0.05, 0.1) is 18.9 Å². The second-order valence-electron chi connectivity index (χ2n) is 16.1. The lowest BCUT2D eigenvalue weighted by Crippen LogP contribution is -2.52. The number of carbonyl (C=O) groups excluding carboxylic acids is 2. The van der Waals surface area contributed by atoms with Crippen LogP contribution in [0.25, 0.3) is 11.1 Å². The third-order valence-electron chi connectivity index (χ3n) is 11.6. The third-order valence-corrected chi connectivity index (χ3v) is 11.6. The molecule has 0 saturated heterocycles. The van der Waals surface area contributed by atoms with E-state index >= 15 is 0 Å². The lowest BCUT2D eigenvalue weighted by atomic mass is 9.51. The molecule has 2 bridgehead atoms. The number of hydrogen-bond donors (Lipinski definition) is 2. The topological polar surface area (TPSA) is 119 Å². The number of nitrogens with one attached hydrogen (secondary N) is 1. The number of alkyl carbamates (subject to hydrolysis) is 1. The van der Waals surface area contributed by atoms with Crippen LogP contribution in [0.5, 0.6) is 5.75 Å². The summed E-state index contributed by atoms with van der Waals surface area (Å²) in [6.07, 6.45) is 14.1. The van der Waals surface area contributed by atoms with Gasteiger partial charge >= 0.3 is 6.09 Å². The predicted octanol–water partition coefficient (Wildman–Crippen LogP) is 7.52. The van der Waals surface area contributed by atoms with Crippen LogP contribution in [0.15, 0.2) is 48.9 Å². The van der Waals surface area contributed by atoms with Crippen molar-refractivity contribution < 1.29 is 24.2 Å². The molecule has 4 saturated carbocycles. The molecule has 50 heavy (non-hydrogen) atoms. The molecule has 0 radical (unpaired) electrons. The van der Waals surface area contributed by atoms with Gasteiger partial charge in [-0.3, -0.25) is 14.4 Å². The average Bonchev–Trinajstić information content (AvgIpc) is 3.62. The first kappa shape index (κ1) is 35.9. The molecule has 4 aliphatic carbocycles. The number of benzene rings is 1. The van der Waals surface area contributed by atoms with Crippen molar-refractivity contribution in [3.63, 3.8) is 0 Å². The molecule has 4 fully saturated rings. The van der Waals surface area contributed by atoms with Gasteiger partial charge in [0.25, 0.3) is 0 Å². The van der Waals surface area contributed by atoms with Crippen molar-refractivity contribution >= 4 is 17.8 Å². The van der Waals surface area contributed by atoms with Gasteiger partial charge in [0.1, 0.15) is 17.7 Å². The minimum atomic E-state index is -1.01. The van der Waals surface area contributed by atoms with Gasteiger partial charge in [-0.15, -0.1) is 0 Å². The second kappa shape index (κ2) is 14.4. The number of methoxy groups -OCH3 is 1. The Kier molecular flexibility index (Phi) is 10.3. The van der Waals surface area contributed by atoms with Crippen molar-refractivity contribution in [1.29, 1.82) is 0 Å². The normalized spacial score (nSPS) is 25.0. The molecule has 10 heteroatoms. The van der Waals surface area contributed by atoms with E-state index < -0.39 is 11.7 Å².